The van der Waals surface area contributed by atoms with Crippen molar-refractivity contribution < 1.29 is 9.63 Å². The van der Waals surface area contributed by atoms with E-state index in [0.717, 1.165) is 12.8 Å². The molecule has 1 rings (SSSR count). The van der Waals surface area contributed by atoms with E-state index in [1.807, 2.05) is 6.92 Å². The Bertz CT molecular complexity index is 220. The maximum absolute atomic E-state index is 9.01. The summed E-state index contributed by atoms with van der Waals surface area (Å²) in [5, 5.41) is 12.7. The van der Waals surface area contributed by atoms with Crippen molar-refractivity contribution >= 4 is 0 Å². The molecular weight excluding hydrogens is 144 g/mol. The lowest BCUT2D eigenvalue weighted by atomic mass is 10.3. The highest BCUT2D eigenvalue weighted by Gasteiger charge is 2.09. The van der Waals surface area contributed by atoms with Crippen molar-refractivity contribution in [2.75, 3.05) is 0 Å². The van der Waals surface area contributed by atoms with E-state index in [1.54, 1.807) is 6.92 Å². The Kier molecular flexibility index (Phi) is 2.59. The number of aromatic nitrogens is 2. The average molecular weight is 156 g/mol. The summed E-state index contributed by atoms with van der Waals surface area (Å²) in [6.07, 6.45) is 1.13. The van der Waals surface area contributed by atoms with Crippen molar-refractivity contribution in [1.82, 2.24) is 10.1 Å². The SMILES string of the molecule is CCCc1noc([C@H](C)O)n1. The monoisotopic (exact) mass is 156 g/mol. The molecule has 0 spiro atoms. The molecule has 4 heteroatoms. The van der Waals surface area contributed by atoms with Crippen LogP contribution in [0.2, 0.25) is 0 Å². The molecule has 0 fully saturated rings. The normalized spacial score (nSPS) is 13.4. The Morgan fingerprint density at radius 3 is 2.82 bits per heavy atom. The number of rotatable bonds is 3. The molecule has 62 valence electrons. The number of aryl methyl sites for hydroxylation is 1. The van der Waals surface area contributed by atoms with Crippen molar-refractivity contribution in [2.45, 2.75) is 32.8 Å². The van der Waals surface area contributed by atoms with Gasteiger partial charge in [-0.15, -0.1) is 0 Å². The maximum atomic E-state index is 9.01. The highest BCUT2D eigenvalue weighted by molar-refractivity contribution is 4.88. The second-order valence-electron chi connectivity index (χ2n) is 2.47. The minimum Gasteiger partial charge on any atom is -0.384 e. The van der Waals surface area contributed by atoms with E-state index in [2.05, 4.69) is 10.1 Å². The molecule has 1 atom stereocenters. The van der Waals surface area contributed by atoms with Gasteiger partial charge >= 0.3 is 0 Å². The number of nitrogens with zero attached hydrogens (tertiary/aromatic N) is 2. The summed E-state index contributed by atoms with van der Waals surface area (Å²) < 4.78 is 4.77. The summed E-state index contributed by atoms with van der Waals surface area (Å²) in [6.45, 7) is 3.64. The van der Waals surface area contributed by atoms with Gasteiger partial charge in [-0.1, -0.05) is 12.1 Å². The van der Waals surface area contributed by atoms with Gasteiger partial charge in [0.25, 0.3) is 5.89 Å². The first-order valence-corrected chi connectivity index (χ1v) is 3.74. The van der Waals surface area contributed by atoms with Gasteiger partial charge in [-0.2, -0.15) is 4.98 Å². The largest absolute Gasteiger partial charge is 0.384 e. The summed E-state index contributed by atoms with van der Waals surface area (Å²) in [5.74, 6) is 0.969. The first kappa shape index (κ1) is 8.20. The Balaban J connectivity index is 2.66. The van der Waals surface area contributed by atoms with Gasteiger partial charge in [-0.3, -0.25) is 0 Å². The Hall–Kier alpha value is -0.900. The van der Waals surface area contributed by atoms with Crippen LogP contribution < -0.4 is 0 Å². The molecular formula is C7H12N2O2. The smallest absolute Gasteiger partial charge is 0.255 e. The third kappa shape index (κ3) is 2.01. The molecule has 0 saturated carbocycles. The molecule has 4 nitrogen and oxygen atoms in total. The van der Waals surface area contributed by atoms with Crippen molar-refractivity contribution in [1.29, 1.82) is 0 Å². The standard InChI is InChI=1S/C7H12N2O2/c1-3-4-6-8-7(5(2)10)11-9-6/h5,10H,3-4H2,1-2H3/t5-/m0/s1. The molecule has 0 aliphatic carbocycles. The summed E-state index contributed by atoms with van der Waals surface area (Å²) in [4.78, 5) is 3.97. The van der Waals surface area contributed by atoms with Crippen LogP contribution >= 0.6 is 0 Å². The molecule has 0 saturated heterocycles. The van der Waals surface area contributed by atoms with Crippen molar-refractivity contribution in [2.24, 2.45) is 0 Å². The molecule has 0 radical (unpaired) electrons. The minimum atomic E-state index is -0.659. The van der Waals surface area contributed by atoms with Gasteiger partial charge in [-0.25, -0.2) is 0 Å². The fourth-order valence-corrected chi connectivity index (χ4v) is 0.762. The predicted molar refractivity (Wildman–Crippen MR) is 38.9 cm³/mol. The summed E-state index contributed by atoms with van der Waals surface area (Å²) in [6, 6.07) is 0. The van der Waals surface area contributed by atoms with Gasteiger partial charge in [-0.05, 0) is 13.3 Å². The lowest BCUT2D eigenvalue weighted by Crippen LogP contribution is -1.91. The van der Waals surface area contributed by atoms with E-state index in [1.165, 1.54) is 0 Å². The summed E-state index contributed by atoms with van der Waals surface area (Å²) >= 11 is 0. The van der Waals surface area contributed by atoms with Crippen LogP contribution in [0.3, 0.4) is 0 Å². The zero-order valence-corrected chi connectivity index (χ0v) is 6.74. The highest BCUT2D eigenvalue weighted by atomic mass is 16.5. The Morgan fingerprint density at radius 1 is 1.64 bits per heavy atom. The lowest BCUT2D eigenvalue weighted by molar-refractivity contribution is 0.151. The topological polar surface area (TPSA) is 59.2 Å². The van der Waals surface area contributed by atoms with Gasteiger partial charge in [0.15, 0.2) is 5.82 Å². The zero-order chi connectivity index (χ0) is 8.27. The Labute approximate surface area is 65.2 Å². The van der Waals surface area contributed by atoms with Gasteiger partial charge < -0.3 is 9.63 Å². The van der Waals surface area contributed by atoms with E-state index >= 15 is 0 Å². The lowest BCUT2D eigenvalue weighted by Gasteiger charge is -1.91. The van der Waals surface area contributed by atoms with Gasteiger partial charge in [0.1, 0.15) is 6.10 Å². The van der Waals surface area contributed by atoms with Crippen LogP contribution in [0.5, 0.6) is 0 Å². The van der Waals surface area contributed by atoms with Crippen molar-refractivity contribution in [3.63, 3.8) is 0 Å². The number of hydrogen-bond donors (Lipinski definition) is 1. The van der Waals surface area contributed by atoms with Gasteiger partial charge in [0, 0.05) is 6.42 Å². The van der Waals surface area contributed by atoms with Gasteiger partial charge in [0.05, 0.1) is 0 Å². The summed E-state index contributed by atoms with van der Waals surface area (Å²) in [5.41, 5.74) is 0. The van der Waals surface area contributed by atoms with Crippen LogP contribution in [0.4, 0.5) is 0 Å². The maximum Gasteiger partial charge on any atom is 0.255 e. The van der Waals surface area contributed by atoms with Crippen LogP contribution in [0, 0.1) is 0 Å². The van der Waals surface area contributed by atoms with Crippen LogP contribution in [0.1, 0.15) is 38.1 Å². The molecule has 0 unspecified atom stereocenters. The number of hydrogen-bond acceptors (Lipinski definition) is 4. The van der Waals surface area contributed by atoms with Gasteiger partial charge in [0.2, 0.25) is 0 Å². The highest BCUT2D eigenvalue weighted by Crippen LogP contribution is 2.08. The molecule has 1 heterocycles. The third-order valence-corrected chi connectivity index (χ3v) is 1.31. The molecule has 1 aromatic heterocycles. The fraction of sp³-hybridized carbons (Fsp3) is 0.714. The first-order chi connectivity index (χ1) is 5.24. The second kappa shape index (κ2) is 3.48. The quantitative estimate of drug-likeness (QED) is 0.711. The molecule has 0 amide bonds. The average Bonchev–Trinajstić information content (AvgIpc) is 2.37. The molecule has 1 N–H and O–H groups in total. The Morgan fingerprint density at radius 2 is 2.36 bits per heavy atom. The van der Waals surface area contributed by atoms with Crippen LogP contribution in [-0.2, 0) is 6.42 Å². The van der Waals surface area contributed by atoms with E-state index in [9.17, 15) is 0 Å². The molecule has 0 bridgehead atoms. The third-order valence-electron chi connectivity index (χ3n) is 1.31. The van der Waals surface area contributed by atoms with E-state index in [0.29, 0.717) is 11.7 Å². The fourth-order valence-electron chi connectivity index (χ4n) is 0.762. The predicted octanol–water partition coefficient (Wildman–Crippen LogP) is 1.08. The van der Waals surface area contributed by atoms with E-state index in [-0.39, 0.29) is 0 Å². The molecule has 0 aromatic carbocycles. The molecule has 11 heavy (non-hydrogen) atoms. The number of aliphatic hydroxyl groups excluding tert-OH is 1. The molecule has 0 aliphatic rings. The molecule has 1 aromatic rings. The second-order valence-corrected chi connectivity index (χ2v) is 2.47. The van der Waals surface area contributed by atoms with Crippen LogP contribution in [0.25, 0.3) is 0 Å². The van der Waals surface area contributed by atoms with Crippen LogP contribution in [-0.4, -0.2) is 15.2 Å². The summed E-state index contributed by atoms with van der Waals surface area (Å²) in [7, 11) is 0. The van der Waals surface area contributed by atoms with E-state index in [4.69, 9.17) is 9.63 Å². The van der Waals surface area contributed by atoms with E-state index < -0.39 is 6.10 Å². The number of aliphatic hydroxyl groups is 1. The zero-order valence-electron chi connectivity index (χ0n) is 6.74. The minimum absolute atomic E-state index is 0.299. The molecule has 0 aliphatic heterocycles. The van der Waals surface area contributed by atoms with Crippen LogP contribution in [0.15, 0.2) is 4.52 Å². The van der Waals surface area contributed by atoms with Crippen molar-refractivity contribution in [3.05, 3.63) is 11.7 Å². The van der Waals surface area contributed by atoms with Crippen molar-refractivity contribution in [3.8, 4) is 0 Å². The first-order valence-electron chi connectivity index (χ1n) is 3.74.